The highest BCUT2D eigenvalue weighted by Crippen LogP contribution is 2.40. The van der Waals surface area contributed by atoms with Gasteiger partial charge in [0.2, 0.25) is 11.7 Å². The van der Waals surface area contributed by atoms with E-state index in [1.54, 1.807) is 23.1 Å². The highest BCUT2D eigenvalue weighted by molar-refractivity contribution is 8.18. The maximum Gasteiger partial charge on any atom is 0.294 e. The van der Waals surface area contributed by atoms with Crippen LogP contribution in [0, 0.1) is 0 Å². The second-order valence-electron chi connectivity index (χ2n) is 7.16. The van der Waals surface area contributed by atoms with Crippen molar-refractivity contribution in [2.24, 2.45) is 0 Å². The first-order valence-corrected chi connectivity index (χ1v) is 10.6. The van der Waals surface area contributed by atoms with E-state index in [1.807, 2.05) is 6.92 Å². The molecule has 0 saturated carbocycles. The molecule has 3 amide bonds. The number of benzene rings is 1. The number of rotatable bonds is 6. The molecule has 1 aromatic rings. The summed E-state index contributed by atoms with van der Waals surface area (Å²) in [6.07, 6.45) is 4.56. The molecule has 0 aliphatic carbocycles. The van der Waals surface area contributed by atoms with Gasteiger partial charge in [-0.2, -0.15) is 0 Å². The highest BCUT2D eigenvalue weighted by Gasteiger charge is 2.38. The molecule has 2 aliphatic rings. The molecule has 0 radical (unpaired) electrons. The Hall–Kier alpha value is -2.68. The van der Waals surface area contributed by atoms with Crippen LogP contribution in [-0.2, 0) is 9.59 Å². The van der Waals surface area contributed by atoms with E-state index in [1.165, 1.54) is 21.3 Å². The second kappa shape index (κ2) is 9.42. The Morgan fingerprint density at radius 1 is 1.13 bits per heavy atom. The first kappa shape index (κ1) is 22.0. The van der Waals surface area contributed by atoms with Crippen LogP contribution in [-0.4, -0.2) is 67.3 Å². The molecule has 1 atom stereocenters. The Morgan fingerprint density at radius 3 is 2.37 bits per heavy atom. The number of piperidine rings is 1. The lowest BCUT2D eigenvalue weighted by atomic mass is 10.0. The zero-order chi connectivity index (χ0) is 21.8. The van der Waals surface area contributed by atoms with E-state index in [-0.39, 0.29) is 23.4 Å². The van der Waals surface area contributed by atoms with Gasteiger partial charge in [-0.15, -0.1) is 0 Å². The number of amides is 3. The minimum atomic E-state index is -0.475. The molecule has 9 heteroatoms. The summed E-state index contributed by atoms with van der Waals surface area (Å²) in [5.74, 6) is 0.648. The molecule has 2 heterocycles. The normalized spacial score (nSPS) is 20.7. The van der Waals surface area contributed by atoms with Crippen LogP contribution in [0.25, 0.3) is 6.08 Å². The van der Waals surface area contributed by atoms with Crippen molar-refractivity contribution in [3.8, 4) is 17.2 Å². The average molecular weight is 435 g/mol. The number of nitrogens with zero attached hydrogens (tertiary/aromatic N) is 2. The third-order valence-corrected chi connectivity index (χ3v) is 6.18. The summed E-state index contributed by atoms with van der Waals surface area (Å²) in [6, 6.07) is 3.51. The lowest BCUT2D eigenvalue weighted by molar-refractivity contribution is -0.138. The summed E-state index contributed by atoms with van der Waals surface area (Å²) in [7, 11) is 4.51. The average Bonchev–Trinajstić information content (AvgIpc) is 3.00. The van der Waals surface area contributed by atoms with Gasteiger partial charge in [-0.05, 0) is 61.7 Å². The lowest BCUT2D eigenvalue weighted by Gasteiger charge is -2.34. The van der Waals surface area contributed by atoms with Gasteiger partial charge in [0.1, 0.15) is 6.54 Å². The van der Waals surface area contributed by atoms with Gasteiger partial charge >= 0.3 is 0 Å². The number of likely N-dealkylation sites (tertiary alicyclic amines) is 1. The fourth-order valence-electron chi connectivity index (χ4n) is 3.67. The van der Waals surface area contributed by atoms with Crippen molar-refractivity contribution in [3.05, 3.63) is 22.6 Å². The number of imide groups is 1. The summed E-state index contributed by atoms with van der Waals surface area (Å²) < 4.78 is 16.0. The quantitative estimate of drug-likeness (QED) is 0.636. The fraction of sp³-hybridized carbons (Fsp3) is 0.476. The van der Waals surface area contributed by atoms with E-state index in [0.29, 0.717) is 29.4 Å². The maximum absolute atomic E-state index is 12.8. The summed E-state index contributed by atoms with van der Waals surface area (Å²) in [5, 5.41) is -0.447. The predicted octanol–water partition coefficient (Wildman–Crippen LogP) is 3.15. The number of carbonyl (C=O) groups is 3. The Kier molecular flexibility index (Phi) is 6.91. The number of carbonyl (C=O) groups excluding carboxylic acids is 3. The first-order valence-electron chi connectivity index (χ1n) is 9.74. The van der Waals surface area contributed by atoms with Gasteiger partial charge < -0.3 is 19.1 Å². The molecule has 0 aromatic heterocycles. The van der Waals surface area contributed by atoms with Crippen LogP contribution in [0.15, 0.2) is 17.0 Å². The Morgan fingerprint density at radius 2 is 1.80 bits per heavy atom. The topological polar surface area (TPSA) is 85.4 Å². The van der Waals surface area contributed by atoms with Gasteiger partial charge in [-0.3, -0.25) is 19.3 Å². The SMILES string of the molecule is COc1cc(/C=C2\SC(=O)N(CC(=O)N3CCCC[C@@H]3C)C2=O)cc(OC)c1OC. The van der Waals surface area contributed by atoms with Crippen molar-refractivity contribution in [2.45, 2.75) is 32.2 Å². The van der Waals surface area contributed by atoms with Crippen molar-refractivity contribution >= 4 is 34.9 Å². The van der Waals surface area contributed by atoms with Gasteiger partial charge in [0, 0.05) is 12.6 Å². The molecule has 3 rings (SSSR count). The Balaban J connectivity index is 1.80. The zero-order valence-corrected chi connectivity index (χ0v) is 18.4. The van der Waals surface area contributed by atoms with Crippen LogP contribution >= 0.6 is 11.8 Å². The number of thioether (sulfide) groups is 1. The molecule has 0 spiro atoms. The largest absolute Gasteiger partial charge is 0.493 e. The van der Waals surface area contributed by atoms with Crippen LogP contribution in [0.1, 0.15) is 31.7 Å². The third kappa shape index (κ3) is 4.40. The summed E-state index contributed by atoms with van der Waals surface area (Å²) in [6.45, 7) is 2.42. The highest BCUT2D eigenvalue weighted by atomic mass is 32.2. The second-order valence-corrected chi connectivity index (χ2v) is 8.15. The Bertz CT molecular complexity index is 859. The van der Waals surface area contributed by atoms with Crippen LogP contribution < -0.4 is 14.2 Å². The van der Waals surface area contributed by atoms with Crippen LogP contribution in [0.4, 0.5) is 4.79 Å². The molecule has 0 N–H and O–H groups in total. The predicted molar refractivity (Wildman–Crippen MR) is 114 cm³/mol. The molecule has 2 aliphatic heterocycles. The van der Waals surface area contributed by atoms with Crippen molar-refractivity contribution < 1.29 is 28.6 Å². The van der Waals surface area contributed by atoms with Crippen molar-refractivity contribution in [2.75, 3.05) is 34.4 Å². The minimum Gasteiger partial charge on any atom is -0.493 e. The van der Waals surface area contributed by atoms with Crippen LogP contribution in [0.5, 0.6) is 17.2 Å². The minimum absolute atomic E-state index is 0.126. The number of hydrogen-bond donors (Lipinski definition) is 0. The van der Waals surface area contributed by atoms with Gasteiger partial charge in [-0.25, -0.2) is 0 Å². The molecule has 2 saturated heterocycles. The van der Waals surface area contributed by atoms with Gasteiger partial charge in [-0.1, -0.05) is 0 Å². The van der Waals surface area contributed by atoms with E-state index >= 15 is 0 Å². The Labute approximate surface area is 180 Å². The smallest absolute Gasteiger partial charge is 0.294 e. The molecule has 0 bridgehead atoms. The van der Waals surface area contributed by atoms with Gasteiger partial charge in [0.15, 0.2) is 11.5 Å². The summed E-state index contributed by atoms with van der Waals surface area (Å²) in [5.41, 5.74) is 0.617. The molecule has 8 nitrogen and oxygen atoms in total. The molecule has 2 fully saturated rings. The fourth-order valence-corrected chi connectivity index (χ4v) is 4.51. The molecule has 1 aromatic carbocycles. The lowest BCUT2D eigenvalue weighted by Crippen LogP contribution is -2.47. The van der Waals surface area contributed by atoms with Crippen molar-refractivity contribution in [1.29, 1.82) is 0 Å². The summed E-state index contributed by atoms with van der Waals surface area (Å²) >= 11 is 0.818. The molecule has 0 unspecified atom stereocenters. The van der Waals surface area contributed by atoms with Gasteiger partial charge in [0.05, 0.1) is 26.2 Å². The maximum atomic E-state index is 12.8. The van der Waals surface area contributed by atoms with E-state index in [0.717, 1.165) is 35.9 Å². The number of ether oxygens (including phenoxy) is 3. The first-order chi connectivity index (χ1) is 14.4. The van der Waals surface area contributed by atoms with Crippen LogP contribution in [0.2, 0.25) is 0 Å². The molecule has 162 valence electrons. The molecular formula is C21H26N2O6S. The van der Waals surface area contributed by atoms with Crippen molar-refractivity contribution in [1.82, 2.24) is 9.80 Å². The summed E-state index contributed by atoms with van der Waals surface area (Å²) in [4.78, 5) is 40.9. The molecule has 30 heavy (non-hydrogen) atoms. The number of methoxy groups -OCH3 is 3. The zero-order valence-electron chi connectivity index (χ0n) is 17.6. The van der Waals surface area contributed by atoms with E-state index in [9.17, 15) is 14.4 Å². The van der Waals surface area contributed by atoms with E-state index < -0.39 is 11.1 Å². The van der Waals surface area contributed by atoms with Crippen LogP contribution in [0.3, 0.4) is 0 Å². The molecular weight excluding hydrogens is 408 g/mol. The van der Waals surface area contributed by atoms with E-state index in [4.69, 9.17) is 14.2 Å². The van der Waals surface area contributed by atoms with Crippen molar-refractivity contribution in [3.63, 3.8) is 0 Å². The monoisotopic (exact) mass is 434 g/mol. The third-order valence-electron chi connectivity index (χ3n) is 5.28. The standard InChI is InChI=1S/C21H26N2O6S/c1-13-7-5-6-8-22(13)18(24)12-23-20(25)17(30-21(23)26)11-14-9-15(27-2)19(29-4)16(10-14)28-3/h9-11,13H,5-8,12H2,1-4H3/b17-11-/t13-/m0/s1. The van der Waals surface area contributed by atoms with Gasteiger partial charge in [0.25, 0.3) is 11.1 Å². The van der Waals surface area contributed by atoms with E-state index in [2.05, 4.69) is 0 Å². The number of hydrogen-bond acceptors (Lipinski definition) is 7.